The molecular weight excluding hydrogens is 260 g/mol. The number of carbonyl (C=O) groups is 1. The summed E-state index contributed by atoms with van der Waals surface area (Å²) < 4.78 is 0. The van der Waals surface area contributed by atoms with Gasteiger partial charge in [0.05, 0.1) is 0 Å². The summed E-state index contributed by atoms with van der Waals surface area (Å²) in [7, 11) is 0. The summed E-state index contributed by atoms with van der Waals surface area (Å²) in [4.78, 5) is 11.3. The van der Waals surface area contributed by atoms with Gasteiger partial charge < -0.3 is 11.1 Å². The average Bonchev–Trinajstić information content (AvgIpc) is 2.78. The molecular formula is C18H26N2O. The second kappa shape index (κ2) is 4.84. The minimum atomic E-state index is -0.357. The van der Waals surface area contributed by atoms with Gasteiger partial charge in [0.2, 0.25) is 5.91 Å². The summed E-state index contributed by atoms with van der Waals surface area (Å²) in [6, 6.07) is 8.21. The Morgan fingerprint density at radius 1 is 1.38 bits per heavy atom. The first kappa shape index (κ1) is 14.6. The number of nitrogens with two attached hydrogens (primary N) is 1. The number of nitrogens with one attached hydrogen (secondary N) is 1. The van der Waals surface area contributed by atoms with Gasteiger partial charge in [0.1, 0.15) is 0 Å². The van der Waals surface area contributed by atoms with E-state index in [-0.39, 0.29) is 5.91 Å². The lowest BCUT2D eigenvalue weighted by Gasteiger charge is -2.39. The largest absolute Gasteiger partial charge is 0.366 e. The molecule has 0 spiro atoms. The molecule has 3 unspecified atom stereocenters. The fraction of sp³-hybridized carbons (Fsp3) is 0.611. The Kier molecular flexibility index (Phi) is 3.36. The van der Waals surface area contributed by atoms with Crippen molar-refractivity contribution in [3.8, 4) is 0 Å². The molecule has 3 atom stereocenters. The Balaban J connectivity index is 1.69. The van der Waals surface area contributed by atoms with Crippen molar-refractivity contribution in [3.63, 3.8) is 0 Å². The van der Waals surface area contributed by atoms with E-state index in [2.05, 4.69) is 32.2 Å². The lowest BCUT2D eigenvalue weighted by molar-refractivity contribution is 0.1000. The molecule has 2 bridgehead atoms. The van der Waals surface area contributed by atoms with E-state index in [0.29, 0.717) is 22.4 Å². The zero-order valence-corrected chi connectivity index (χ0v) is 13.3. The first-order chi connectivity index (χ1) is 9.84. The van der Waals surface area contributed by atoms with Crippen LogP contribution in [0.3, 0.4) is 0 Å². The Bertz CT molecular complexity index is 566. The summed E-state index contributed by atoms with van der Waals surface area (Å²) in [6.45, 7) is 8.11. The number of benzene rings is 1. The molecule has 0 saturated heterocycles. The lowest BCUT2D eigenvalue weighted by Crippen LogP contribution is -2.44. The molecule has 114 valence electrons. The Morgan fingerprint density at radius 3 is 2.71 bits per heavy atom. The van der Waals surface area contributed by atoms with E-state index >= 15 is 0 Å². The molecule has 0 heterocycles. The third-order valence-corrected chi connectivity index (χ3v) is 6.56. The van der Waals surface area contributed by atoms with Crippen LogP contribution in [0.15, 0.2) is 24.3 Å². The van der Waals surface area contributed by atoms with Crippen LogP contribution >= 0.6 is 0 Å². The topological polar surface area (TPSA) is 55.1 Å². The highest BCUT2D eigenvalue weighted by Gasteiger charge is 2.60. The van der Waals surface area contributed by atoms with Gasteiger partial charge in [-0.2, -0.15) is 0 Å². The van der Waals surface area contributed by atoms with Crippen molar-refractivity contribution in [3.05, 3.63) is 35.4 Å². The predicted molar refractivity (Wildman–Crippen MR) is 84.8 cm³/mol. The summed E-state index contributed by atoms with van der Waals surface area (Å²) in [5.74, 6) is 0.488. The molecule has 0 radical (unpaired) electrons. The van der Waals surface area contributed by atoms with E-state index in [0.717, 1.165) is 18.0 Å². The molecule has 2 aliphatic rings. The van der Waals surface area contributed by atoms with E-state index in [4.69, 9.17) is 5.73 Å². The number of hydrogen-bond acceptors (Lipinski definition) is 2. The van der Waals surface area contributed by atoms with Crippen LogP contribution < -0.4 is 11.1 Å². The van der Waals surface area contributed by atoms with Gasteiger partial charge in [-0.15, -0.1) is 0 Å². The molecule has 3 N–H and O–H groups in total. The van der Waals surface area contributed by atoms with Crippen molar-refractivity contribution in [2.45, 2.75) is 52.6 Å². The standard InChI is InChI=1S/C18H26N2O/c1-17(2)14-7-8-18(17,3)15(10-14)20-11-12-5-4-6-13(9-12)16(19)21/h4-6,9,14-15,20H,7-8,10-11H2,1-3H3,(H2,19,21). The number of primary amides is 1. The normalized spacial score (nSPS) is 33.3. The molecule has 3 heteroatoms. The molecule has 1 aromatic carbocycles. The number of fused-ring (bicyclic) bond motifs is 2. The Labute approximate surface area is 127 Å². The van der Waals surface area contributed by atoms with E-state index in [1.54, 1.807) is 6.07 Å². The SMILES string of the molecule is CC1(C)C2CCC1(C)C(NCc1cccc(C(N)=O)c1)C2. The highest BCUT2D eigenvalue weighted by molar-refractivity contribution is 5.92. The first-order valence-corrected chi connectivity index (χ1v) is 7.97. The number of rotatable bonds is 4. The minimum Gasteiger partial charge on any atom is -0.366 e. The second-order valence-corrected chi connectivity index (χ2v) is 7.61. The summed E-state index contributed by atoms with van der Waals surface area (Å²) >= 11 is 0. The van der Waals surface area contributed by atoms with Crippen molar-refractivity contribution in [2.75, 3.05) is 0 Å². The quantitative estimate of drug-likeness (QED) is 0.893. The summed E-state index contributed by atoms with van der Waals surface area (Å²) in [5.41, 5.74) is 7.89. The van der Waals surface area contributed by atoms with Crippen LogP contribution in [0.1, 0.15) is 56.0 Å². The fourth-order valence-corrected chi connectivity index (χ4v) is 4.59. The molecule has 21 heavy (non-hydrogen) atoms. The van der Waals surface area contributed by atoms with Crippen molar-refractivity contribution in [1.29, 1.82) is 0 Å². The zero-order chi connectivity index (χ0) is 15.3. The van der Waals surface area contributed by atoms with E-state index in [9.17, 15) is 4.79 Å². The number of carbonyl (C=O) groups excluding carboxylic acids is 1. The maximum Gasteiger partial charge on any atom is 0.248 e. The summed E-state index contributed by atoms with van der Waals surface area (Å²) in [6.07, 6.45) is 3.97. The van der Waals surface area contributed by atoms with Crippen molar-refractivity contribution >= 4 is 5.91 Å². The molecule has 1 aromatic rings. The van der Waals surface area contributed by atoms with Crippen LogP contribution in [0.25, 0.3) is 0 Å². The highest BCUT2D eigenvalue weighted by Crippen LogP contribution is 2.65. The lowest BCUT2D eigenvalue weighted by atomic mass is 9.69. The second-order valence-electron chi connectivity index (χ2n) is 7.61. The van der Waals surface area contributed by atoms with Gasteiger partial charge in [-0.25, -0.2) is 0 Å². The maximum atomic E-state index is 11.3. The van der Waals surface area contributed by atoms with Crippen molar-refractivity contribution in [1.82, 2.24) is 5.32 Å². The fourth-order valence-electron chi connectivity index (χ4n) is 4.59. The molecule has 2 fully saturated rings. The van der Waals surface area contributed by atoms with E-state index in [1.807, 2.05) is 12.1 Å². The van der Waals surface area contributed by atoms with Gasteiger partial charge in [-0.1, -0.05) is 32.9 Å². The van der Waals surface area contributed by atoms with Gasteiger partial charge in [-0.05, 0) is 53.7 Å². The van der Waals surface area contributed by atoms with Gasteiger partial charge in [0.15, 0.2) is 0 Å². The van der Waals surface area contributed by atoms with Crippen LogP contribution in [0.5, 0.6) is 0 Å². The van der Waals surface area contributed by atoms with Crippen LogP contribution in [-0.4, -0.2) is 11.9 Å². The molecule has 2 aliphatic carbocycles. The number of hydrogen-bond donors (Lipinski definition) is 2. The van der Waals surface area contributed by atoms with Gasteiger partial charge in [0, 0.05) is 18.2 Å². The molecule has 0 aliphatic heterocycles. The van der Waals surface area contributed by atoms with E-state index in [1.165, 1.54) is 19.3 Å². The van der Waals surface area contributed by atoms with Crippen LogP contribution in [0.2, 0.25) is 0 Å². The first-order valence-electron chi connectivity index (χ1n) is 7.97. The molecule has 3 rings (SSSR count). The molecule has 3 nitrogen and oxygen atoms in total. The van der Waals surface area contributed by atoms with Gasteiger partial charge >= 0.3 is 0 Å². The zero-order valence-electron chi connectivity index (χ0n) is 13.3. The van der Waals surface area contributed by atoms with Crippen LogP contribution in [-0.2, 0) is 6.54 Å². The van der Waals surface area contributed by atoms with E-state index < -0.39 is 0 Å². The third kappa shape index (κ3) is 2.18. The Hall–Kier alpha value is -1.35. The molecule has 1 amide bonds. The maximum absolute atomic E-state index is 11.3. The van der Waals surface area contributed by atoms with Crippen molar-refractivity contribution in [2.24, 2.45) is 22.5 Å². The molecule has 2 saturated carbocycles. The van der Waals surface area contributed by atoms with Gasteiger partial charge in [-0.3, -0.25) is 4.79 Å². The number of amides is 1. The predicted octanol–water partition coefficient (Wildman–Crippen LogP) is 3.09. The van der Waals surface area contributed by atoms with Crippen LogP contribution in [0, 0.1) is 16.7 Å². The van der Waals surface area contributed by atoms with Gasteiger partial charge in [0.25, 0.3) is 0 Å². The molecule has 0 aromatic heterocycles. The third-order valence-electron chi connectivity index (χ3n) is 6.56. The average molecular weight is 286 g/mol. The minimum absolute atomic E-state index is 0.357. The van der Waals surface area contributed by atoms with Crippen LogP contribution in [0.4, 0.5) is 0 Å². The Morgan fingerprint density at radius 2 is 2.14 bits per heavy atom. The summed E-state index contributed by atoms with van der Waals surface area (Å²) in [5, 5.41) is 3.74. The smallest absolute Gasteiger partial charge is 0.248 e. The van der Waals surface area contributed by atoms with Crippen molar-refractivity contribution < 1.29 is 4.79 Å². The highest BCUT2D eigenvalue weighted by atomic mass is 16.1. The monoisotopic (exact) mass is 286 g/mol.